The molecule has 35 heavy (non-hydrogen) atoms. The van der Waals surface area contributed by atoms with E-state index in [9.17, 15) is 4.79 Å². The molecule has 0 radical (unpaired) electrons. The predicted molar refractivity (Wildman–Crippen MR) is 142 cm³/mol. The lowest BCUT2D eigenvalue weighted by Crippen LogP contribution is -2.49. The maximum absolute atomic E-state index is 13.8. The summed E-state index contributed by atoms with van der Waals surface area (Å²) < 4.78 is 5.83. The number of fused-ring (bicyclic) bond motifs is 1. The minimum Gasteiger partial charge on any atom is -0.492 e. The van der Waals surface area contributed by atoms with Gasteiger partial charge in [0.1, 0.15) is 5.75 Å². The van der Waals surface area contributed by atoms with Crippen LogP contribution in [0.2, 0.25) is 0 Å². The van der Waals surface area contributed by atoms with E-state index in [1.165, 1.54) is 5.56 Å². The van der Waals surface area contributed by atoms with Gasteiger partial charge in [-0.15, -0.1) is 0 Å². The van der Waals surface area contributed by atoms with Gasteiger partial charge in [-0.05, 0) is 50.6 Å². The standard InChI is InChI=1S/C30H31N3O2/c1-4-35-29-12-8-7-11-28(29)32-15-17-33(18-16-32)30(34)25-20-27(23-14-13-21(2)19-22(23)3)31-26-10-6-5-9-24(25)26/h5-14,19-20H,4,15-18H2,1-3H3. The lowest BCUT2D eigenvalue weighted by atomic mass is 9.99. The summed E-state index contributed by atoms with van der Waals surface area (Å²) in [5.74, 6) is 0.959. The van der Waals surface area contributed by atoms with Crippen molar-refractivity contribution in [3.8, 4) is 17.0 Å². The zero-order chi connectivity index (χ0) is 24.4. The molecule has 0 N–H and O–H groups in total. The number of aryl methyl sites for hydroxylation is 2. The second-order valence-electron chi connectivity index (χ2n) is 9.07. The number of hydrogen-bond donors (Lipinski definition) is 0. The minimum absolute atomic E-state index is 0.0624. The van der Waals surface area contributed by atoms with Crippen molar-refractivity contribution in [1.82, 2.24) is 9.88 Å². The Kier molecular flexibility index (Phi) is 6.41. The van der Waals surface area contributed by atoms with Crippen molar-refractivity contribution in [2.24, 2.45) is 0 Å². The molecule has 0 atom stereocenters. The number of benzene rings is 3. The van der Waals surface area contributed by atoms with Crippen LogP contribution in [0, 0.1) is 13.8 Å². The molecule has 178 valence electrons. The quantitative estimate of drug-likeness (QED) is 0.369. The second kappa shape index (κ2) is 9.79. The molecule has 2 heterocycles. The highest BCUT2D eigenvalue weighted by Gasteiger charge is 2.25. The lowest BCUT2D eigenvalue weighted by molar-refractivity contribution is 0.0748. The number of rotatable bonds is 5. The number of para-hydroxylation sites is 3. The van der Waals surface area contributed by atoms with Crippen LogP contribution in [0.5, 0.6) is 5.75 Å². The number of hydrogen-bond acceptors (Lipinski definition) is 4. The first kappa shape index (κ1) is 22.9. The smallest absolute Gasteiger partial charge is 0.254 e. The summed E-state index contributed by atoms with van der Waals surface area (Å²) in [4.78, 5) is 23.0. The van der Waals surface area contributed by atoms with Gasteiger partial charge in [0.2, 0.25) is 0 Å². The number of carbonyl (C=O) groups excluding carboxylic acids is 1. The molecule has 0 saturated carbocycles. The maximum Gasteiger partial charge on any atom is 0.254 e. The van der Waals surface area contributed by atoms with Crippen LogP contribution in [-0.4, -0.2) is 48.6 Å². The van der Waals surface area contributed by atoms with Crippen LogP contribution in [0.25, 0.3) is 22.2 Å². The number of nitrogens with zero attached hydrogens (tertiary/aromatic N) is 3. The minimum atomic E-state index is 0.0624. The topological polar surface area (TPSA) is 45.7 Å². The Labute approximate surface area is 207 Å². The van der Waals surface area contributed by atoms with E-state index in [4.69, 9.17) is 9.72 Å². The molecule has 0 spiro atoms. The van der Waals surface area contributed by atoms with E-state index in [0.29, 0.717) is 25.3 Å². The first-order chi connectivity index (χ1) is 17.0. The van der Waals surface area contributed by atoms with Crippen LogP contribution in [0.3, 0.4) is 0 Å². The molecule has 0 bridgehead atoms. The van der Waals surface area contributed by atoms with Crippen LogP contribution in [-0.2, 0) is 0 Å². The molecule has 5 nitrogen and oxygen atoms in total. The van der Waals surface area contributed by atoms with E-state index in [1.807, 2.05) is 60.4 Å². The predicted octanol–water partition coefficient (Wildman–Crippen LogP) is 5.88. The Hall–Kier alpha value is -3.86. The number of aromatic nitrogens is 1. The second-order valence-corrected chi connectivity index (χ2v) is 9.07. The Morgan fingerprint density at radius 1 is 0.914 bits per heavy atom. The van der Waals surface area contributed by atoms with Gasteiger partial charge in [0.15, 0.2) is 0 Å². The largest absolute Gasteiger partial charge is 0.492 e. The average Bonchev–Trinajstić information content (AvgIpc) is 2.88. The third kappa shape index (κ3) is 4.59. The van der Waals surface area contributed by atoms with Gasteiger partial charge in [-0.2, -0.15) is 0 Å². The molecule has 0 aliphatic carbocycles. The Morgan fingerprint density at radius 3 is 2.43 bits per heavy atom. The SMILES string of the molecule is CCOc1ccccc1N1CCN(C(=O)c2cc(-c3ccc(C)cc3C)nc3ccccc23)CC1. The normalized spacial score (nSPS) is 13.8. The molecule has 1 aliphatic rings. The maximum atomic E-state index is 13.8. The summed E-state index contributed by atoms with van der Waals surface area (Å²) in [6.07, 6.45) is 0. The van der Waals surface area contributed by atoms with Crippen LogP contribution < -0.4 is 9.64 Å². The molecule has 1 saturated heterocycles. The number of ether oxygens (including phenoxy) is 1. The van der Waals surface area contributed by atoms with Crippen molar-refractivity contribution in [3.05, 3.63) is 89.5 Å². The summed E-state index contributed by atoms with van der Waals surface area (Å²) in [7, 11) is 0. The Balaban J connectivity index is 1.43. The van der Waals surface area contributed by atoms with E-state index in [2.05, 4.69) is 43.0 Å². The number of carbonyl (C=O) groups is 1. The third-order valence-electron chi connectivity index (χ3n) is 6.68. The average molecular weight is 466 g/mol. The van der Waals surface area contributed by atoms with Crippen LogP contribution in [0.15, 0.2) is 72.8 Å². The van der Waals surface area contributed by atoms with E-state index >= 15 is 0 Å². The van der Waals surface area contributed by atoms with Crippen molar-refractivity contribution in [2.45, 2.75) is 20.8 Å². The van der Waals surface area contributed by atoms with Crippen molar-refractivity contribution >= 4 is 22.5 Å². The highest BCUT2D eigenvalue weighted by Crippen LogP contribution is 2.31. The molecular formula is C30H31N3O2. The molecule has 1 amide bonds. The molecule has 1 aliphatic heterocycles. The van der Waals surface area contributed by atoms with E-state index in [0.717, 1.165) is 52.3 Å². The molecule has 3 aromatic carbocycles. The van der Waals surface area contributed by atoms with Gasteiger partial charge >= 0.3 is 0 Å². The fourth-order valence-electron chi connectivity index (χ4n) is 4.91. The van der Waals surface area contributed by atoms with Crippen LogP contribution >= 0.6 is 0 Å². The summed E-state index contributed by atoms with van der Waals surface area (Å²) in [5, 5.41) is 0.898. The van der Waals surface area contributed by atoms with Crippen molar-refractivity contribution in [3.63, 3.8) is 0 Å². The molecule has 1 aromatic heterocycles. The fourth-order valence-corrected chi connectivity index (χ4v) is 4.91. The van der Waals surface area contributed by atoms with Gasteiger partial charge in [-0.1, -0.05) is 54.1 Å². The molecule has 1 fully saturated rings. The molecular weight excluding hydrogens is 434 g/mol. The zero-order valence-corrected chi connectivity index (χ0v) is 20.6. The first-order valence-electron chi connectivity index (χ1n) is 12.3. The molecule has 0 unspecified atom stereocenters. The highest BCUT2D eigenvalue weighted by atomic mass is 16.5. The number of pyridine rings is 1. The van der Waals surface area contributed by atoms with E-state index < -0.39 is 0 Å². The van der Waals surface area contributed by atoms with Crippen molar-refractivity contribution in [1.29, 1.82) is 0 Å². The summed E-state index contributed by atoms with van der Waals surface area (Å²) in [6.45, 7) is 9.67. The van der Waals surface area contributed by atoms with E-state index in [-0.39, 0.29) is 5.91 Å². The number of piperazine rings is 1. The van der Waals surface area contributed by atoms with Gasteiger partial charge in [0.25, 0.3) is 5.91 Å². The van der Waals surface area contributed by atoms with Gasteiger partial charge < -0.3 is 14.5 Å². The van der Waals surface area contributed by atoms with Gasteiger partial charge in [0, 0.05) is 37.1 Å². The van der Waals surface area contributed by atoms with Crippen molar-refractivity contribution in [2.75, 3.05) is 37.7 Å². The fraction of sp³-hybridized carbons (Fsp3) is 0.267. The summed E-state index contributed by atoms with van der Waals surface area (Å²) in [6, 6.07) is 24.4. The zero-order valence-electron chi connectivity index (χ0n) is 20.6. The van der Waals surface area contributed by atoms with Gasteiger partial charge in [0.05, 0.1) is 29.1 Å². The highest BCUT2D eigenvalue weighted by molar-refractivity contribution is 6.07. The Morgan fingerprint density at radius 2 is 1.66 bits per heavy atom. The van der Waals surface area contributed by atoms with E-state index in [1.54, 1.807) is 0 Å². The molecule has 5 rings (SSSR count). The summed E-state index contributed by atoms with van der Waals surface area (Å²) in [5.41, 5.74) is 6.93. The molecule has 4 aromatic rings. The monoisotopic (exact) mass is 465 g/mol. The van der Waals surface area contributed by atoms with Gasteiger partial charge in [-0.25, -0.2) is 4.98 Å². The number of anilines is 1. The van der Waals surface area contributed by atoms with Gasteiger partial charge in [-0.3, -0.25) is 4.79 Å². The number of amides is 1. The van der Waals surface area contributed by atoms with Crippen LogP contribution in [0.4, 0.5) is 5.69 Å². The van der Waals surface area contributed by atoms with Crippen LogP contribution in [0.1, 0.15) is 28.4 Å². The summed E-state index contributed by atoms with van der Waals surface area (Å²) >= 11 is 0. The molecule has 5 heteroatoms. The van der Waals surface area contributed by atoms with Crippen molar-refractivity contribution < 1.29 is 9.53 Å². The lowest BCUT2D eigenvalue weighted by Gasteiger charge is -2.37. The third-order valence-corrected chi connectivity index (χ3v) is 6.68. The first-order valence-corrected chi connectivity index (χ1v) is 12.3. The Bertz CT molecular complexity index is 1370.